The van der Waals surface area contributed by atoms with Crippen LogP contribution in [0.4, 0.5) is 0 Å². The van der Waals surface area contributed by atoms with E-state index in [4.69, 9.17) is 15.1 Å². The summed E-state index contributed by atoms with van der Waals surface area (Å²) in [6.07, 6.45) is 1.11. The summed E-state index contributed by atoms with van der Waals surface area (Å²) in [7, 11) is 0. The van der Waals surface area contributed by atoms with Crippen molar-refractivity contribution in [1.82, 2.24) is 21.4 Å². The van der Waals surface area contributed by atoms with Crippen molar-refractivity contribution in [2.24, 2.45) is 5.84 Å². The number of nitrogens with zero attached hydrogens (tertiary/aromatic N) is 1. The van der Waals surface area contributed by atoms with E-state index >= 15 is 0 Å². The standard InChI is InChI=1S/C7H13N3O2.C3H10N2/c1-3-8-9-5-11-7-4-6(2)12-10-7;1-2-3-5-4/h4,8-9H,3,5H2,1-2H3;5H,2-4H2,1H3. The van der Waals surface area contributed by atoms with Crippen LogP contribution in [0, 0.1) is 6.92 Å². The number of aryl methyl sites for hydroxylation is 1. The maximum absolute atomic E-state index is 5.15. The monoisotopic (exact) mass is 245 g/mol. The van der Waals surface area contributed by atoms with Gasteiger partial charge in [-0.05, 0) is 18.5 Å². The molecule has 0 fully saturated rings. The van der Waals surface area contributed by atoms with Crippen LogP contribution in [0.25, 0.3) is 0 Å². The molecule has 5 N–H and O–H groups in total. The lowest BCUT2D eigenvalue weighted by molar-refractivity contribution is 0.237. The molecule has 0 atom stereocenters. The molecule has 0 saturated carbocycles. The van der Waals surface area contributed by atoms with Gasteiger partial charge in [0.25, 0.3) is 5.88 Å². The van der Waals surface area contributed by atoms with E-state index in [-0.39, 0.29) is 0 Å². The van der Waals surface area contributed by atoms with E-state index in [1.54, 1.807) is 6.07 Å². The minimum absolute atomic E-state index is 0.375. The molecule has 100 valence electrons. The van der Waals surface area contributed by atoms with Crippen molar-refractivity contribution in [3.05, 3.63) is 11.8 Å². The van der Waals surface area contributed by atoms with Gasteiger partial charge in [0, 0.05) is 19.2 Å². The fourth-order valence-corrected chi connectivity index (χ4v) is 0.842. The molecule has 0 amide bonds. The minimum atomic E-state index is 0.375. The Morgan fingerprint density at radius 1 is 1.41 bits per heavy atom. The summed E-state index contributed by atoms with van der Waals surface area (Å²) in [4.78, 5) is 0. The topological polar surface area (TPSA) is 97.4 Å². The largest absolute Gasteiger partial charge is 0.458 e. The average Bonchev–Trinajstić information content (AvgIpc) is 2.73. The van der Waals surface area contributed by atoms with Crippen LogP contribution >= 0.6 is 0 Å². The Labute approximate surface area is 102 Å². The molecule has 7 heteroatoms. The van der Waals surface area contributed by atoms with Crippen molar-refractivity contribution < 1.29 is 9.26 Å². The van der Waals surface area contributed by atoms with Crippen LogP contribution in [0.2, 0.25) is 0 Å². The van der Waals surface area contributed by atoms with Crippen molar-refractivity contribution in [2.45, 2.75) is 27.2 Å². The lowest BCUT2D eigenvalue weighted by Crippen LogP contribution is -2.34. The second kappa shape index (κ2) is 11.3. The molecule has 17 heavy (non-hydrogen) atoms. The number of ether oxygens (including phenoxy) is 1. The SMILES string of the molecule is CCCNN.CCNNCOc1cc(C)on1. The summed E-state index contributed by atoms with van der Waals surface area (Å²) in [5.74, 6) is 6.13. The fourth-order valence-electron chi connectivity index (χ4n) is 0.842. The van der Waals surface area contributed by atoms with Gasteiger partial charge < -0.3 is 9.26 Å². The summed E-state index contributed by atoms with van der Waals surface area (Å²) in [6, 6.07) is 1.73. The Kier molecular flexibility index (Phi) is 10.6. The first kappa shape index (κ1) is 15.9. The highest BCUT2D eigenvalue weighted by atomic mass is 16.5. The Balaban J connectivity index is 0.000000437. The average molecular weight is 245 g/mol. The van der Waals surface area contributed by atoms with Gasteiger partial charge in [-0.1, -0.05) is 13.8 Å². The first-order valence-electron chi connectivity index (χ1n) is 5.69. The second-order valence-electron chi connectivity index (χ2n) is 3.23. The molecule has 0 saturated heterocycles. The third-order valence-corrected chi connectivity index (χ3v) is 1.59. The zero-order chi connectivity index (χ0) is 12.9. The van der Waals surface area contributed by atoms with Crippen molar-refractivity contribution in [3.63, 3.8) is 0 Å². The van der Waals surface area contributed by atoms with Gasteiger partial charge in [0.05, 0.1) is 0 Å². The molecule has 0 radical (unpaired) electrons. The highest BCUT2D eigenvalue weighted by Crippen LogP contribution is 2.08. The number of aromatic nitrogens is 1. The molecular weight excluding hydrogens is 222 g/mol. The molecule has 1 aromatic heterocycles. The summed E-state index contributed by atoms with van der Waals surface area (Å²) in [5, 5.41) is 3.65. The molecule has 1 rings (SSSR count). The van der Waals surface area contributed by atoms with Crippen LogP contribution in [0.5, 0.6) is 5.88 Å². The smallest absolute Gasteiger partial charge is 0.255 e. The van der Waals surface area contributed by atoms with Crippen molar-refractivity contribution in [2.75, 3.05) is 19.8 Å². The molecule has 0 spiro atoms. The number of hydrogen-bond acceptors (Lipinski definition) is 7. The number of nitrogens with one attached hydrogen (secondary N) is 3. The maximum Gasteiger partial charge on any atom is 0.255 e. The third-order valence-electron chi connectivity index (χ3n) is 1.59. The number of rotatable bonds is 7. The van der Waals surface area contributed by atoms with Crippen LogP contribution in [0.3, 0.4) is 0 Å². The zero-order valence-electron chi connectivity index (χ0n) is 10.7. The predicted octanol–water partition coefficient (Wildman–Crippen LogP) is 0.293. The van der Waals surface area contributed by atoms with Crippen molar-refractivity contribution in [3.8, 4) is 5.88 Å². The number of nitrogens with two attached hydrogens (primary N) is 1. The Hall–Kier alpha value is -1.15. The summed E-state index contributed by atoms with van der Waals surface area (Å²) < 4.78 is 9.95. The highest BCUT2D eigenvalue weighted by Gasteiger charge is 1.98. The Bertz CT molecular complexity index is 265. The molecule has 0 bridgehead atoms. The minimum Gasteiger partial charge on any atom is -0.458 e. The molecule has 0 aliphatic rings. The molecular formula is C10H23N5O2. The number of hydrogen-bond donors (Lipinski definition) is 4. The molecule has 0 aromatic carbocycles. The molecule has 0 aliphatic heterocycles. The quantitative estimate of drug-likeness (QED) is 0.237. The normalized spacial score (nSPS) is 9.65. The lowest BCUT2D eigenvalue weighted by atomic mass is 10.5. The fraction of sp³-hybridized carbons (Fsp3) is 0.700. The van der Waals surface area contributed by atoms with E-state index in [0.29, 0.717) is 12.6 Å². The molecule has 0 aliphatic carbocycles. The highest BCUT2D eigenvalue weighted by molar-refractivity contribution is 5.08. The van der Waals surface area contributed by atoms with Gasteiger partial charge >= 0.3 is 0 Å². The van der Waals surface area contributed by atoms with Crippen molar-refractivity contribution >= 4 is 0 Å². The van der Waals surface area contributed by atoms with Crippen LogP contribution in [0.15, 0.2) is 10.6 Å². The van der Waals surface area contributed by atoms with E-state index in [2.05, 4.69) is 28.4 Å². The second-order valence-corrected chi connectivity index (χ2v) is 3.23. The van der Waals surface area contributed by atoms with E-state index in [1.807, 2.05) is 13.8 Å². The van der Waals surface area contributed by atoms with Crippen LogP contribution in [-0.2, 0) is 0 Å². The molecule has 1 heterocycles. The Morgan fingerprint density at radius 2 is 2.18 bits per heavy atom. The van der Waals surface area contributed by atoms with E-state index in [0.717, 1.165) is 25.3 Å². The first-order chi connectivity index (χ1) is 8.24. The van der Waals surface area contributed by atoms with Gasteiger partial charge in [0.1, 0.15) is 5.76 Å². The molecule has 7 nitrogen and oxygen atoms in total. The van der Waals surface area contributed by atoms with E-state index in [9.17, 15) is 0 Å². The molecule has 1 aromatic rings. The first-order valence-corrected chi connectivity index (χ1v) is 5.69. The van der Waals surface area contributed by atoms with E-state index in [1.165, 1.54) is 0 Å². The van der Waals surface area contributed by atoms with Gasteiger partial charge in [-0.15, -0.1) is 0 Å². The lowest BCUT2D eigenvalue weighted by Gasteiger charge is -2.03. The summed E-state index contributed by atoms with van der Waals surface area (Å²) in [6.45, 7) is 8.02. The summed E-state index contributed by atoms with van der Waals surface area (Å²) in [5.41, 5.74) is 8.25. The van der Waals surface area contributed by atoms with E-state index < -0.39 is 0 Å². The third kappa shape index (κ3) is 9.76. The maximum atomic E-state index is 5.15. The zero-order valence-corrected chi connectivity index (χ0v) is 10.7. The van der Waals surface area contributed by atoms with Gasteiger partial charge in [-0.25, -0.2) is 5.43 Å². The predicted molar refractivity (Wildman–Crippen MR) is 66.0 cm³/mol. The number of hydrazine groups is 2. The van der Waals surface area contributed by atoms with Gasteiger partial charge in [-0.2, -0.15) is 0 Å². The van der Waals surface area contributed by atoms with Crippen molar-refractivity contribution in [1.29, 1.82) is 0 Å². The van der Waals surface area contributed by atoms with Gasteiger partial charge in [0.2, 0.25) is 0 Å². The van der Waals surface area contributed by atoms with Crippen LogP contribution < -0.4 is 26.9 Å². The Morgan fingerprint density at radius 3 is 2.59 bits per heavy atom. The van der Waals surface area contributed by atoms with Crippen LogP contribution in [-0.4, -0.2) is 25.0 Å². The van der Waals surface area contributed by atoms with Gasteiger partial charge in [0.15, 0.2) is 6.73 Å². The van der Waals surface area contributed by atoms with Gasteiger partial charge in [-0.3, -0.25) is 16.7 Å². The molecule has 0 unspecified atom stereocenters. The van der Waals surface area contributed by atoms with Crippen LogP contribution in [0.1, 0.15) is 26.0 Å². The summed E-state index contributed by atoms with van der Waals surface area (Å²) >= 11 is 0.